The highest BCUT2D eigenvalue weighted by Crippen LogP contribution is 2.38. The average Bonchev–Trinajstić information content (AvgIpc) is 2.91. The predicted molar refractivity (Wildman–Crippen MR) is 136 cm³/mol. The van der Waals surface area contributed by atoms with Crippen molar-refractivity contribution < 1.29 is 23.7 Å². The first-order valence-corrected chi connectivity index (χ1v) is 11.7. The van der Waals surface area contributed by atoms with Crippen LogP contribution in [0.1, 0.15) is 29.7 Å². The zero-order valence-electron chi connectivity index (χ0n) is 20.7. The summed E-state index contributed by atoms with van der Waals surface area (Å²) < 4.78 is 22.4. The number of carbonyl (C=O) groups excluding carboxylic acids is 1. The summed E-state index contributed by atoms with van der Waals surface area (Å²) in [5.74, 6) is 2.76. The van der Waals surface area contributed by atoms with Crippen molar-refractivity contribution >= 4 is 11.7 Å². The molecule has 4 rings (SSSR count). The third-order valence-corrected chi connectivity index (χ3v) is 6.34. The molecule has 0 aliphatic carbocycles. The molecule has 2 amide bonds. The molecule has 35 heavy (non-hydrogen) atoms. The summed E-state index contributed by atoms with van der Waals surface area (Å²) in [6.07, 6.45) is 1.66. The Morgan fingerprint density at radius 1 is 0.914 bits per heavy atom. The van der Waals surface area contributed by atoms with Crippen LogP contribution in [0.2, 0.25) is 0 Å². The second kappa shape index (κ2) is 11.0. The van der Waals surface area contributed by atoms with Crippen LogP contribution in [0.25, 0.3) is 0 Å². The fourth-order valence-corrected chi connectivity index (χ4v) is 4.32. The first-order valence-electron chi connectivity index (χ1n) is 11.7. The van der Waals surface area contributed by atoms with Crippen LogP contribution in [0.15, 0.2) is 60.7 Å². The fourth-order valence-electron chi connectivity index (χ4n) is 4.32. The number of carbonyl (C=O) groups is 1. The van der Waals surface area contributed by atoms with Gasteiger partial charge in [-0.05, 0) is 78.1 Å². The number of methoxy groups -OCH3 is 3. The molecule has 0 aromatic heterocycles. The molecule has 7 heteroatoms. The van der Waals surface area contributed by atoms with E-state index in [1.54, 1.807) is 21.3 Å². The molecule has 1 N–H and O–H groups in total. The summed E-state index contributed by atoms with van der Waals surface area (Å²) in [4.78, 5) is 15.2. The van der Waals surface area contributed by atoms with Crippen molar-refractivity contribution in [1.82, 2.24) is 4.90 Å². The maximum absolute atomic E-state index is 13.4. The van der Waals surface area contributed by atoms with E-state index in [9.17, 15) is 4.79 Å². The number of ether oxygens (including phenoxy) is 4. The van der Waals surface area contributed by atoms with E-state index >= 15 is 0 Å². The molecule has 1 aliphatic heterocycles. The number of rotatable bonds is 8. The molecule has 0 spiro atoms. The minimum atomic E-state index is -0.310. The number of anilines is 1. The van der Waals surface area contributed by atoms with Crippen LogP contribution < -0.4 is 24.3 Å². The van der Waals surface area contributed by atoms with Crippen molar-refractivity contribution in [2.75, 3.05) is 39.8 Å². The van der Waals surface area contributed by atoms with E-state index < -0.39 is 0 Å². The van der Waals surface area contributed by atoms with Gasteiger partial charge in [0.2, 0.25) is 0 Å². The number of amides is 2. The number of nitrogens with zero attached hydrogens (tertiary/aromatic N) is 1. The maximum atomic E-state index is 13.4. The van der Waals surface area contributed by atoms with Gasteiger partial charge in [0.1, 0.15) is 18.1 Å². The van der Waals surface area contributed by atoms with Gasteiger partial charge in [-0.25, -0.2) is 4.79 Å². The number of urea groups is 1. The highest BCUT2D eigenvalue weighted by molar-refractivity contribution is 5.90. The quantitative estimate of drug-likeness (QED) is 0.466. The van der Waals surface area contributed by atoms with Crippen LogP contribution in [-0.4, -0.2) is 45.4 Å². The van der Waals surface area contributed by atoms with Gasteiger partial charge in [-0.15, -0.1) is 0 Å². The van der Waals surface area contributed by atoms with Crippen LogP contribution in [0.4, 0.5) is 10.5 Å². The summed E-state index contributed by atoms with van der Waals surface area (Å²) in [6.45, 7) is 2.95. The van der Waals surface area contributed by atoms with Crippen molar-refractivity contribution in [3.05, 3.63) is 77.4 Å². The van der Waals surface area contributed by atoms with Crippen LogP contribution in [0, 0.1) is 0 Å². The number of benzene rings is 3. The van der Waals surface area contributed by atoms with Gasteiger partial charge in [-0.1, -0.05) is 19.1 Å². The third kappa shape index (κ3) is 5.45. The molecule has 0 radical (unpaired) electrons. The van der Waals surface area contributed by atoms with Crippen molar-refractivity contribution in [2.45, 2.75) is 25.8 Å². The molecule has 0 bridgehead atoms. The fraction of sp³-hybridized carbons (Fsp3) is 0.321. The molecule has 1 atom stereocenters. The molecule has 1 aliphatic rings. The van der Waals surface area contributed by atoms with E-state index in [0.29, 0.717) is 30.2 Å². The van der Waals surface area contributed by atoms with Gasteiger partial charge >= 0.3 is 6.03 Å². The van der Waals surface area contributed by atoms with Gasteiger partial charge in [0, 0.05) is 12.2 Å². The molecule has 3 aromatic carbocycles. The normalized spacial score (nSPS) is 14.6. The molecule has 0 saturated heterocycles. The van der Waals surface area contributed by atoms with E-state index in [0.717, 1.165) is 29.0 Å². The Balaban J connectivity index is 1.61. The lowest BCUT2D eigenvalue weighted by Crippen LogP contribution is -2.44. The molecule has 0 saturated carbocycles. The second-order valence-corrected chi connectivity index (χ2v) is 8.33. The Bertz CT molecular complexity index is 1150. The third-order valence-electron chi connectivity index (χ3n) is 6.34. The summed E-state index contributed by atoms with van der Waals surface area (Å²) in [5.41, 5.74) is 4.09. The number of nitrogens with one attached hydrogen (secondary N) is 1. The Morgan fingerprint density at radius 2 is 1.57 bits per heavy atom. The Morgan fingerprint density at radius 3 is 2.20 bits per heavy atom. The first kappa shape index (κ1) is 24.3. The molecule has 184 valence electrons. The lowest BCUT2D eigenvalue weighted by atomic mass is 9.92. The van der Waals surface area contributed by atoms with E-state index in [4.69, 9.17) is 18.9 Å². The van der Waals surface area contributed by atoms with Gasteiger partial charge < -0.3 is 29.2 Å². The van der Waals surface area contributed by atoms with Crippen LogP contribution in [-0.2, 0) is 12.8 Å². The highest BCUT2D eigenvalue weighted by Gasteiger charge is 2.33. The van der Waals surface area contributed by atoms with Crippen molar-refractivity contribution in [3.63, 3.8) is 0 Å². The van der Waals surface area contributed by atoms with Gasteiger partial charge in [-0.2, -0.15) is 0 Å². The smallest absolute Gasteiger partial charge is 0.322 e. The number of aryl methyl sites for hydroxylation is 1. The minimum Gasteiger partial charge on any atom is -0.497 e. The van der Waals surface area contributed by atoms with Crippen molar-refractivity contribution in [3.8, 4) is 23.0 Å². The summed E-state index contributed by atoms with van der Waals surface area (Å²) >= 11 is 0. The molecule has 1 unspecified atom stereocenters. The van der Waals surface area contributed by atoms with Crippen LogP contribution >= 0.6 is 0 Å². The SMILES string of the molecule is CCc1ccc(NC(=O)N2CCc3cc(OC)c(OC)cc3C2COc2ccc(OC)cc2)cc1. The van der Waals surface area contributed by atoms with Gasteiger partial charge in [0.25, 0.3) is 0 Å². The van der Waals surface area contributed by atoms with Gasteiger partial charge in [0.15, 0.2) is 11.5 Å². The minimum absolute atomic E-state index is 0.169. The Labute approximate surface area is 206 Å². The monoisotopic (exact) mass is 476 g/mol. The largest absolute Gasteiger partial charge is 0.497 e. The van der Waals surface area contributed by atoms with Crippen LogP contribution in [0.5, 0.6) is 23.0 Å². The molecular weight excluding hydrogens is 444 g/mol. The lowest BCUT2D eigenvalue weighted by Gasteiger charge is -2.37. The zero-order chi connectivity index (χ0) is 24.8. The summed E-state index contributed by atoms with van der Waals surface area (Å²) in [7, 11) is 4.87. The maximum Gasteiger partial charge on any atom is 0.322 e. The molecule has 1 heterocycles. The molecule has 0 fully saturated rings. The first-order chi connectivity index (χ1) is 17.1. The van der Waals surface area contributed by atoms with E-state index in [-0.39, 0.29) is 18.7 Å². The lowest BCUT2D eigenvalue weighted by molar-refractivity contribution is 0.144. The predicted octanol–water partition coefficient (Wildman–Crippen LogP) is 5.49. The molecule has 3 aromatic rings. The molecular formula is C28H32N2O5. The Hall–Kier alpha value is -3.87. The van der Waals surface area contributed by atoms with Gasteiger partial charge in [-0.3, -0.25) is 0 Å². The zero-order valence-corrected chi connectivity index (χ0v) is 20.7. The number of fused-ring (bicyclic) bond motifs is 1. The standard InChI is InChI=1S/C28H32N2O5/c1-5-19-6-8-21(9-7-19)29-28(31)30-15-14-20-16-26(33-3)27(34-4)17-24(20)25(30)18-35-23-12-10-22(32-2)11-13-23/h6-13,16-17,25H,5,14-15,18H2,1-4H3,(H,29,31). The average molecular weight is 477 g/mol. The van der Waals surface area contributed by atoms with E-state index in [2.05, 4.69) is 12.2 Å². The Kier molecular flexibility index (Phi) is 7.65. The van der Waals surface area contributed by atoms with Crippen molar-refractivity contribution in [1.29, 1.82) is 0 Å². The van der Waals surface area contributed by atoms with Gasteiger partial charge in [0.05, 0.1) is 27.4 Å². The second-order valence-electron chi connectivity index (χ2n) is 8.33. The van der Waals surface area contributed by atoms with E-state index in [1.807, 2.05) is 65.6 Å². The number of hydrogen-bond acceptors (Lipinski definition) is 5. The summed E-state index contributed by atoms with van der Waals surface area (Å²) in [5, 5.41) is 3.05. The van der Waals surface area contributed by atoms with Crippen molar-refractivity contribution in [2.24, 2.45) is 0 Å². The number of hydrogen-bond donors (Lipinski definition) is 1. The molecule has 7 nitrogen and oxygen atoms in total. The topological polar surface area (TPSA) is 69.3 Å². The van der Waals surface area contributed by atoms with E-state index in [1.165, 1.54) is 5.56 Å². The summed E-state index contributed by atoms with van der Waals surface area (Å²) in [6, 6.07) is 18.8. The van der Waals surface area contributed by atoms with Crippen LogP contribution in [0.3, 0.4) is 0 Å². The highest BCUT2D eigenvalue weighted by atomic mass is 16.5.